The number of hydrogen-bond donors (Lipinski definition) is 0. The van der Waals surface area contributed by atoms with Crippen LogP contribution in [0, 0.1) is 12.7 Å². The SMILES string of the molecule is Cc1cccc[n+]1CC(=O)c1ccc(F)cc1. The van der Waals surface area contributed by atoms with Gasteiger partial charge in [-0.15, -0.1) is 0 Å². The number of benzene rings is 1. The second-order valence-corrected chi connectivity index (χ2v) is 3.90. The van der Waals surface area contributed by atoms with E-state index in [-0.39, 0.29) is 18.1 Å². The Hall–Kier alpha value is -2.03. The summed E-state index contributed by atoms with van der Waals surface area (Å²) in [5.74, 6) is -0.352. The number of carbonyl (C=O) groups is 1. The molecule has 0 N–H and O–H groups in total. The van der Waals surface area contributed by atoms with E-state index >= 15 is 0 Å². The van der Waals surface area contributed by atoms with Crippen LogP contribution >= 0.6 is 0 Å². The maximum Gasteiger partial charge on any atom is 0.227 e. The van der Waals surface area contributed by atoms with E-state index in [9.17, 15) is 9.18 Å². The Bertz CT molecular complexity index is 534. The summed E-state index contributed by atoms with van der Waals surface area (Å²) in [7, 11) is 0. The molecule has 0 saturated carbocycles. The number of halogens is 1. The van der Waals surface area contributed by atoms with Crippen molar-refractivity contribution in [1.29, 1.82) is 0 Å². The Balaban J connectivity index is 2.17. The molecular weight excluding hydrogens is 217 g/mol. The summed E-state index contributed by atoms with van der Waals surface area (Å²) in [5.41, 5.74) is 1.55. The highest BCUT2D eigenvalue weighted by Crippen LogP contribution is 2.04. The van der Waals surface area contributed by atoms with Gasteiger partial charge in [-0.2, -0.15) is 4.57 Å². The van der Waals surface area contributed by atoms with Gasteiger partial charge in [0.25, 0.3) is 0 Å². The first-order chi connectivity index (χ1) is 8.16. The molecule has 0 atom stereocenters. The highest BCUT2D eigenvalue weighted by atomic mass is 19.1. The van der Waals surface area contributed by atoms with E-state index in [4.69, 9.17) is 0 Å². The molecule has 2 nitrogen and oxygen atoms in total. The quantitative estimate of drug-likeness (QED) is 0.585. The molecule has 86 valence electrons. The summed E-state index contributed by atoms with van der Waals surface area (Å²) in [4.78, 5) is 11.9. The van der Waals surface area contributed by atoms with Crippen LogP contribution in [0.3, 0.4) is 0 Å². The molecule has 0 fully saturated rings. The van der Waals surface area contributed by atoms with Gasteiger partial charge in [0.2, 0.25) is 12.3 Å². The predicted octanol–water partition coefficient (Wildman–Crippen LogP) is 2.30. The Morgan fingerprint density at radius 3 is 2.53 bits per heavy atom. The molecule has 0 amide bonds. The minimum absolute atomic E-state index is 0.0238. The molecule has 1 heterocycles. The number of pyridine rings is 1. The fourth-order valence-electron chi connectivity index (χ4n) is 1.62. The van der Waals surface area contributed by atoms with Crippen molar-refractivity contribution in [2.24, 2.45) is 0 Å². The number of carbonyl (C=O) groups excluding carboxylic acids is 1. The zero-order valence-corrected chi connectivity index (χ0v) is 9.56. The fourth-order valence-corrected chi connectivity index (χ4v) is 1.62. The van der Waals surface area contributed by atoms with E-state index in [2.05, 4.69) is 0 Å². The lowest BCUT2D eigenvalue weighted by atomic mass is 10.1. The minimum Gasteiger partial charge on any atom is -0.287 e. The molecule has 0 spiro atoms. The van der Waals surface area contributed by atoms with Crippen molar-refractivity contribution < 1.29 is 13.8 Å². The Morgan fingerprint density at radius 2 is 1.88 bits per heavy atom. The zero-order valence-electron chi connectivity index (χ0n) is 9.56. The number of rotatable bonds is 3. The van der Waals surface area contributed by atoms with Gasteiger partial charge in [-0.05, 0) is 24.3 Å². The fraction of sp³-hybridized carbons (Fsp3) is 0.143. The number of aryl methyl sites for hydroxylation is 1. The molecule has 0 bridgehead atoms. The van der Waals surface area contributed by atoms with Gasteiger partial charge in [-0.25, -0.2) is 4.39 Å². The van der Waals surface area contributed by atoms with Crippen LogP contribution in [0.5, 0.6) is 0 Å². The summed E-state index contributed by atoms with van der Waals surface area (Å²) >= 11 is 0. The third kappa shape index (κ3) is 2.75. The number of ketones is 1. The number of nitrogens with zero attached hydrogens (tertiary/aromatic N) is 1. The average molecular weight is 230 g/mol. The molecule has 0 aliphatic heterocycles. The van der Waals surface area contributed by atoms with Gasteiger partial charge >= 0.3 is 0 Å². The van der Waals surface area contributed by atoms with E-state index in [1.807, 2.05) is 35.9 Å². The number of hydrogen-bond acceptors (Lipinski definition) is 1. The van der Waals surface area contributed by atoms with Gasteiger partial charge in [0.1, 0.15) is 5.82 Å². The average Bonchev–Trinajstić information content (AvgIpc) is 2.33. The van der Waals surface area contributed by atoms with Gasteiger partial charge in [-0.3, -0.25) is 4.79 Å². The number of Topliss-reactive ketones (excluding diaryl/α,β-unsaturated/α-hetero) is 1. The van der Waals surface area contributed by atoms with Crippen LogP contribution in [0.4, 0.5) is 4.39 Å². The van der Waals surface area contributed by atoms with E-state index in [1.165, 1.54) is 24.3 Å². The van der Waals surface area contributed by atoms with Crippen LogP contribution in [0.25, 0.3) is 0 Å². The minimum atomic E-state index is -0.329. The summed E-state index contributed by atoms with van der Waals surface area (Å²) in [6, 6.07) is 11.4. The van der Waals surface area contributed by atoms with Crippen LogP contribution in [0.2, 0.25) is 0 Å². The van der Waals surface area contributed by atoms with Crippen molar-refractivity contribution in [3.05, 3.63) is 65.7 Å². The lowest BCUT2D eigenvalue weighted by molar-refractivity contribution is -0.689. The molecule has 1 aromatic carbocycles. The Kier molecular flexibility index (Phi) is 3.28. The Labute approximate surface area is 99.3 Å². The largest absolute Gasteiger partial charge is 0.287 e. The van der Waals surface area contributed by atoms with Crippen molar-refractivity contribution in [2.45, 2.75) is 13.5 Å². The highest BCUT2D eigenvalue weighted by molar-refractivity contribution is 5.94. The number of aromatic nitrogens is 1. The molecular formula is C14H13FNO+. The maximum absolute atomic E-state index is 12.7. The third-order valence-corrected chi connectivity index (χ3v) is 2.65. The van der Waals surface area contributed by atoms with E-state index in [0.717, 1.165) is 5.69 Å². The first-order valence-electron chi connectivity index (χ1n) is 5.40. The molecule has 0 radical (unpaired) electrons. The molecule has 1 aromatic heterocycles. The first-order valence-corrected chi connectivity index (χ1v) is 5.40. The zero-order chi connectivity index (χ0) is 12.3. The van der Waals surface area contributed by atoms with Gasteiger partial charge < -0.3 is 0 Å². The smallest absolute Gasteiger partial charge is 0.227 e. The summed E-state index contributed by atoms with van der Waals surface area (Å²) in [6.45, 7) is 2.22. The topological polar surface area (TPSA) is 20.9 Å². The molecule has 2 rings (SSSR count). The Morgan fingerprint density at radius 1 is 1.18 bits per heavy atom. The summed E-state index contributed by atoms with van der Waals surface area (Å²) < 4.78 is 14.6. The van der Waals surface area contributed by atoms with E-state index in [1.54, 1.807) is 0 Å². The highest BCUT2D eigenvalue weighted by Gasteiger charge is 2.13. The van der Waals surface area contributed by atoms with E-state index in [0.29, 0.717) is 5.56 Å². The van der Waals surface area contributed by atoms with Crippen LogP contribution < -0.4 is 4.57 Å². The van der Waals surface area contributed by atoms with Crippen molar-refractivity contribution in [3.8, 4) is 0 Å². The van der Waals surface area contributed by atoms with Gasteiger partial charge in [-0.1, -0.05) is 6.07 Å². The lowest BCUT2D eigenvalue weighted by Crippen LogP contribution is -2.40. The monoisotopic (exact) mass is 230 g/mol. The van der Waals surface area contributed by atoms with Gasteiger partial charge in [0.05, 0.1) is 0 Å². The van der Waals surface area contributed by atoms with Crippen molar-refractivity contribution >= 4 is 5.78 Å². The summed E-state index contributed by atoms with van der Waals surface area (Å²) in [6.07, 6.45) is 1.86. The third-order valence-electron chi connectivity index (χ3n) is 2.65. The first kappa shape index (κ1) is 11.5. The van der Waals surface area contributed by atoms with Crippen LogP contribution in [-0.4, -0.2) is 5.78 Å². The summed E-state index contributed by atoms with van der Waals surface area (Å²) in [5, 5.41) is 0. The molecule has 0 unspecified atom stereocenters. The normalized spacial score (nSPS) is 10.2. The molecule has 0 aliphatic rings. The second kappa shape index (κ2) is 4.87. The van der Waals surface area contributed by atoms with Crippen LogP contribution in [-0.2, 0) is 6.54 Å². The predicted molar refractivity (Wildman–Crippen MR) is 62.1 cm³/mol. The van der Waals surface area contributed by atoms with Crippen LogP contribution in [0.1, 0.15) is 16.1 Å². The lowest BCUT2D eigenvalue weighted by Gasteiger charge is -2.00. The van der Waals surface area contributed by atoms with Crippen LogP contribution in [0.15, 0.2) is 48.7 Å². The molecule has 0 saturated heterocycles. The van der Waals surface area contributed by atoms with Gasteiger partial charge in [0, 0.05) is 24.6 Å². The van der Waals surface area contributed by atoms with Crippen molar-refractivity contribution in [3.63, 3.8) is 0 Å². The molecule has 17 heavy (non-hydrogen) atoms. The van der Waals surface area contributed by atoms with Gasteiger partial charge in [0.15, 0.2) is 11.9 Å². The second-order valence-electron chi connectivity index (χ2n) is 3.90. The van der Waals surface area contributed by atoms with E-state index < -0.39 is 0 Å². The maximum atomic E-state index is 12.7. The van der Waals surface area contributed by atoms with Crippen molar-refractivity contribution in [1.82, 2.24) is 0 Å². The molecule has 2 aromatic rings. The standard InChI is InChI=1S/C14H13FNO/c1-11-4-2-3-9-16(11)10-14(17)12-5-7-13(15)8-6-12/h2-9H,10H2,1H3/q+1. The van der Waals surface area contributed by atoms with Crippen molar-refractivity contribution in [2.75, 3.05) is 0 Å². The molecule has 0 aliphatic carbocycles. The molecule has 3 heteroatoms.